The van der Waals surface area contributed by atoms with Crippen LogP contribution in [0, 0.1) is 0 Å². The van der Waals surface area contributed by atoms with Gasteiger partial charge in [-0.05, 0) is 146 Å². The highest BCUT2D eigenvalue weighted by Crippen LogP contribution is 2.65. The van der Waals surface area contributed by atoms with Crippen molar-refractivity contribution in [1.29, 1.82) is 0 Å². The van der Waals surface area contributed by atoms with Crippen molar-refractivity contribution >= 4 is 74.6 Å². The minimum absolute atomic E-state index is 0.481. The molecule has 0 saturated heterocycles. The summed E-state index contributed by atoms with van der Waals surface area (Å²) in [6.07, 6.45) is 0. The summed E-state index contributed by atoms with van der Waals surface area (Å²) in [5, 5.41) is 12.9. The van der Waals surface area contributed by atoms with Crippen molar-refractivity contribution in [3.05, 3.63) is 229 Å². The third kappa shape index (κ3) is 4.10. The normalized spacial score (nSPS) is 13.5. The lowest BCUT2D eigenvalue weighted by molar-refractivity contribution is 0.796. The molecule has 0 atom stereocenters. The molecule has 276 valence electrons. The zero-order valence-corrected chi connectivity index (χ0v) is 33.4. The molecule has 14 rings (SSSR count). The standard InChI is InChI=1S/C59H34S/c1-2-16-36-33-52-49(31-35(36)15-1)58-42-21-4-3-17-38(42)48(34-53(58)59(52)50-26-12-9-18-39(50)40-19-10-13-27-51(40)59)57-45-24-7-5-22-43(45)56(44-23-6-8-25-46(44)57)37-29-30-55-47(32-37)41-20-11-14-28-54(41)60-55/h1-34H. The Morgan fingerprint density at radius 2 is 0.767 bits per heavy atom. The van der Waals surface area contributed by atoms with Gasteiger partial charge >= 0.3 is 0 Å². The van der Waals surface area contributed by atoms with E-state index in [4.69, 9.17) is 0 Å². The third-order valence-corrected chi connectivity index (χ3v) is 15.0. The Kier molecular flexibility index (Phi) is 6.46. The van der Waals surface area contributed by atoms with Gasteiger partial charge in [0.2, 0.25) is 0 Å². The molecule has 60 heavy (non-hydrogen) atoms. The second-order valence-electron chi connectivity index (χ2n) is 16.6. The van der Waals surface area contributed by atoms with E-state index in [-0.39, 0.29) is 0 Å². The molecular formula is C59H34S. The number of rotatable bonds is 2. The first kappa shape index (κ1) is 32.6. The Hall–Kier alpha value is -7.32. The van der Waals surface area contributed by atoms with Crippen molar-refractivity contribution in [3.8, 4) is 44.5 Å². The summed E-state index contributed by atoms with van der Waals surface area (Å²) in [6.45, 7) is 0. The second kappa shape index (κ2) is 11.9. The summed E-state index contributed by atoms with van der Waals surface area (Å²) >= 11 is 1.88. The van der Waals surface area contributed by atoms with Crippen LogP contribution in [0.1, 0.15) is 22.3 Å². The van der Waals surface area contributed by atoms with Crippen LogP contribution in [0.4, 0.5) is 0 Å². The van der Waals surface area contributed by atoms with Crippen molar-refractivity contribution in [3.63, 3.8) is 0 Å². The van der Waals surface area contributed by atoms with Crippen LogP contribution < -0.4 is 0 Å². The van der Waals surface area contributed by atoms with Gasteiger partial charge in [0.15, 0.2) is 0 Å². The van der Waals surface area contributed by atoms with Gasteiger partial charge < -0.3 is 0 Å². The van der Waals surface area contributed by atoms with E-state index < -0.39 is 5.41 Å². The fourth-order valence-corrected chi connectivity index (χ4v) is 12.6. The number of fused-ring (bicyclic) bond motifs is 18. The molecule has 0 amide bonds. The highest BCUT2D eigenvalue weighted by atomic mass is 32.1. The Morgan fingerprint density at radius 3 is 1.43 bits per heavy atom. The van der Waals surface area contributed by atoms with E-state index in [2.05, 4.69) is 206 Å². The third-order valence-electron chi connectivity index (χ3n) is 13.8. The topological polar surface area (TPSA) is 0 Å². The molecule has 0 unspecified atom stereocenters. The minimum atomic E-state index is -0.481. The van der Waals surface area contributed by atoms with Crippen LogP contribution in [0.2, 0.25) is 0 Å². The largest absolute Gasteiger partial charge is 0.135 e. The summed E-state index contributed by atoms with van der Waals surface area (Å²) in [5.41, 5.74) is 15.4. The van der Waals surface area contributed by atoms with E-state index >= 15 is 0 Å². The van der Waals surface area contributed by atoms with E-state index in [0.717, 1.165) is 0 Å². The van der Waals surface area contributed by atoms with E-state index in [1.165, 1.54) is 130 Å². The summed E-state index contributed by atoms with van der Waals surface area (Å²) in [7, 11) is 0. The monoisotopic (exact) mass is 774 g/mol. The maximum absolute atomic E-state index is 2.61. The molecule has 2 aliphatic carbocycles. The van der Waals surface area contributed by atoms with Crippen LogP contribution in [0.25, 0.3) is 108 Å². The van der Waals surface area contributed by atoms with Crippen LogP contribution in [0.5, 0.6) is 0 Å². The van der Waals surface area contributed by atoms with Crippen LogP contribution in [-0.4, -0.2) is 0 Å². The lowest BCUT2D eigenvalue weighted by Gasteiger charge is -2.31. The fraction of sp³-hybridized carbons (Fsp3) is 0.0169. The van der Waals surface area contributed by atoms with Gasteiger partial charge in [-0.2, -0.15) is 0 Å². The Morgan fingerprint density at radius 1 is 0.267 bits per heavy atom. The van der Waals surface area contributed by atoms with Crippen LogP contribution in [-0.2, 0) is 5.41 Å². The Bertz CT molecular complexity index is 3740. The van der Waals surface area contributed by atoms with Crippen molar-refractivity contribution in [2.45, 2.75) is 5.41 Å². The molecule has 0 radical (unpaired) electrons. The molecule has 1 spiro atoms. The van der Waals surface area contributed by atoms with Gasteiger partial charge in [-0.1, -0.05) is 170 Å². The predicted molar refractivity (Wildman–Crippen MR) is 257 cm³/mol. The van der Waals surface area contributed by atoms with Crippen molar-refractivity contribution in [1.82, 2.24) is 0 Å². The van der Waals surface area contributed by atoms with Crippen molar-refractivity contribution in [2.24, 2.45) is 0 Å². The van der Waals surface area contributed by atoms with Gasteiger partial charge in [0.1, 0.15) is 0 Å². The zero-order valence-electron chi connectivity index (χ0n) is 32.5. The van der Waals surface area contributed by atoms with Crippen LogP contribution in [0.3, 0.4) is 0 Å². The summed E-state index contributed by atoms with van der Waals surface area (Å²) < 4.78 is 2.66. The SMILES string of the molecule is c1ccc2c(c1)-c1ccccc1C21c2cc3ccccc3cc2-c2c1cc(-c1c3ccccc3c(-c3ccc4sc5ccccc5c4c3)c3ccccc13)c1ccccc21. The molecule has 1 heterocycles. The molecule has 1 heteroatoms. The maximum atomic E-state index is 2.61. The van der Waals surface area contributed by atoms with Gasteiger partial charge in [-0.15, -0.1) is 11.3 Å². The molecule has 0 N–H and O–H groups in total. The molecule has 11 aromatic carbocycles. The average Bonchev–Trinajstić information content (AvgIpc) is 3.93. The predicted octanol–water partition coefficient (Wildman–Crippen LogP) is 16.3. The van der Waals surface area contributed by atoms with Crippen LogP contribution in [0.15, 0.2) is 206 Å². The molecule has 0 bridgehead atoms. The van der Waals surface area contributed by atoms with Crippen molar-refractivity contribution < 1.29 is 0 Å². The van der Waals surface area contributed by atoms with Gasteiger partial charge in [-0.25, -0.2) is 0 Å². The Balaban J connectivity index is 1.14. The first-order chi connectivity index (χ1) is 29.8. The highest BCUT2D eigenvalue weighted by Gasteiger charge is 2.52. The smallest absolute Gasteiger partial charge is 0.0726 e. The Labute approximate surface area is 351 Å². The summed E-state index contributed by atoms with van der Waals surface area (Å²) in [6, 6.07) is 78.2. The minimum Gasteiger partial charge on any atom is -0.135 e. The van der Waals surface area contributed by atoms with Crippen molar-refractivity contribution in [2.75, 3.05) is 0 Å². The first-order valence-electron chi connectivity index (χ1n) is 20.9. The van der Waals surface area contributed by atoms with Gasteiger partial charge in [0.25, 0.3) is 0 Å². The molecule has 12 aromatic rings. The van der Waals surface area contributed by atoms with E-state index in [1.54, 1.807) is 0 Å². The van der Waals surface area contributed by atoms with Gasteiger partial charge in [-0.3, -0.25) is 0 Å². The summed E-state index contributed by atoms with van der Waals surface area (Å²) in [5.74, 6) is 0. The molecule has 0 fully saturated rings. The quantitative estimate of drug-likeness (QED) is 0.153. The highest BCUT2D eigenvalue weighted by molar-refractivity contribution is 7.25. The number of thiophene rings is 1. The number of hydrogen-bond acceptors (Lipinski definition) is 1. The van der Waals surface area contributed by atoms with E-state index in [1.807, 2.05) is 11.3 Å². The molecule has 0 nitrogen and oxygen atoms in total. The maximum Gasteiger partial charge on any atom is 0.0726 e. The number of hydrogen-bond donors (Lipinski definition) is 0. The van der Waals surface area contributed by atoms with E-state index in [9.17, 15) is 0 Å². The second-order valence-corrected chi connectivity index (χ2v) is 17.7. The molecule has 0 saturated carbocycles. The molecular weight excluding hydrogens is 741 g/mol. The van der Waals surface area contributed by atoms with E-state index in [0.29, 0.717) is 0 Å². The van der Waals surface area contributed by atoms with Gasteiger partial charge in [0.05, 0.1) is 5.41 Å². The fourth-order valence-electron chi connectivity index (χ4n) is 11.5. The number of benzene rings is 11. The lowest BCUT2D eigenvalue weighted by atomic mass is 9.69. The first-order valence-corrected chi connectivity index (χ1v) is 21.7. The van der Waals surface area contributed by atoms with Crippen LogP contribution >= 0.6 is 11.3 Å². The molecule has 0 aliphatic heterocycles. The molecule has 2 aliphatic rings. The van der Waals surface area contributed by atoms with Gasteiger partial charge in [0, 0.05) is 20.2 Å². The molecule has 1 aromatic heterocycles. The summed E-state index contributed by atoms with van der Waals surface area (Å²) in [4.78, 5) is 0. The lowest BCUT2D eigenvalue weighted by Crippen LogP contribution is -2.26. The average molecular weight is 775 g/mol. The zero-order chi connectivity index (χ0) is 39.1.